The van der Waals surface area contributed by atoms with Crippen molar-refractivity contribution in [2.24, 2.45) is 5.92 Å². The van der Waals surface area contributed by atoms with Gasteiger partial charge in [-0.15, -0.1) is 11.3 Å². The molecule has 6 nitrogen and oxygen atoms in total. The van der Waals surface area contributed by atoms with Gasteiger partial charge in [-0.2, -0.15) is 13.2 Å². The maximum atomic E-state index is 12.9. The van der Waals surface area contributed by atoms with Gasteiger partial charge in [0.1, 0.15) is 5.82 Å². The number of carboxylic acid groups (broad SMARTS) is 1. The SMILES string of the molecule is CC(Cc1nc(C(F)(F)F)cs1)(NC(=O)O)C1CCN(c2ccc3cc(Cl)ccc3n2)CC1. The van der Waals surface area contributed by atoms with Crippen molar-refractivity contribution in [1.82, 2.24) is 15.3 Å². The van der Waals surface area contributed by atoms with Crippen LogP contribution in [0.5, 0.6) is 0 Å². The van der Waals surface area contributed by atoms with Crippen molar-refractivity contribution in [2.45, 2.75) is 37.9 Å². The third kappa shape index (κ3) is 5.33. The third-order valence-corrected chi connectivity index (χ3v) is 7.19. The maximum Gasteiger partial charge on any atom is 0.434 e. The summed E-state index contributed by atoms with van der Waals surface area (Å²) in [5.41, 5.74) is -1.05. The molecule has 0 spiro atoms. The number of benzene rings is 1. The second-order valence-corrected chi connectivity index (χ2v) is 9.80. The summed E-state index contributed by atoms with van der Waals surface area (Å²) in [5, 5.41) is 14.8. The number of nitrogens with zero attached hydrogens (tertiary/aromatic N) is 3. The molecule has 2 aromatic heterocycles. The average Bonchev–Trinajstić information content (AvgIpc) is 3.21. The van der Waals surface area contributed by atoms with Crippen molar-refractivity contribution >= 4 is 45.8 Å². The first kappa shape index (κ1) is 23.6. The van der Waals surface area contributed by atoms with E-state index in [0.29, 0.717) is 31.0 Å². The van der Waals surface area contributed by atoms with E-state index in [4.69, 9.17) is 16.6 Å². The van der Waals surface area contributed by atoms with Gasteiger partial charge in [-0.1, -0.05) is 11.6 Å². The van der Waals surface area contributed by atoms with E-state index in [-0.39, 0.29) is 17.3 Å². The zero-order chi connectivity index (χ0) is 23.8. The molecule has 0 radical (unpaired) electrons. The van der Waals surface area contributed by atoms with Gasteiger partial charge in [0, 0.05) is 40.8 Å². The summed E-state index contributed by atoms with van der Waals surface area (Å²) in [6.45, 7) is 3.05. The van der Waals surface area contributed by atoms with E-state index < -0.39 is 23.5 Å². The van der Waals surface area contributed by atoms with Gasteiger partial charge in [-0.05, 0) is 56.0 Å². The van der Waals surface area contributed by atoms with Crippen LogP contribution in [0.4, 0.5) is 23.8 Å². The zero-order valence-corrected chi connectivity index (χ0v) is 19.3. The molecular formula is C22H22ClF3N4O2S. The fraction of sp³-hybridized carbons (Fsp3) is 0.409. The molecule has 1 aromatic carbocycles. The summed E-state index contributed by atoms with van der Waals surface area (Å²) in [6, 6.07) is 9.41. The van der Waals surface area contributed by atoms with Crippen LogP contribution in [0.3, 0.4) is 0 Å². The first-order chi connectivity index (χ1) is 15.5. The number of hydrogen-bond donors (Lipinski definition) is 2. The molecule has 0 aliphatic carbocycles. The van der Waals surface area contributed by atoms with Gasteiger partial charge in [0.2, 0.25) is 0 Å². The summed E-state index contributed by atoms with van der Waals surface area (Å²) in [7, 11) is 0. The Hall–Kier alpha value is -2.59. The number of fused-ring (bicyclic) bond motifs is 1. The molecule has 1 aliphatic heterocycles. The number of thiazole rings is 1. The Kier molecular flexibility index (Phi) is 6.41. The van der Waals surface area contributed by atoms with Gasteiger partial charge >= 0.3 is 12.3 Å². The lowest BCUT2D eigenvalue weighted by Crippen LogP contribution is -2.55. The molecule has 33 heavy (non-hydrogen) atoms. The summed E-state index contributed by atoms with van der Waals surface area (Å²) in [6.07, 6.45) is -4.31. The number of amides is 1. The molecule has 0 saturated carbocycles. The van der Waals surface area contributed by atoms with Crippen LogP contribution in [0, 0.1) is 5.92 Å². The number of nitrogens with one attached hydrogen (secondary N) is 1. The summed E-state index contributed by atoms with van der Waals surface area (Å²) in [4.78, 5) is 22.1. The third-order valence-electron chi connectivity index (χ3n) is 6.11. The van der Waals surface area contributed by atoms with Crippen molar-refractivity contribution in [2.75, 3.05) is 18.0 Å². The molecule has 4 rings (SSSR count). The van der Waals surface area contributed by atoms with Gasteiger partial charge in [-0.25, -0.2) is 14.8 Å². The van der Waals surface area contributed by atoms with E-state index >= 15 is 0 Å². The van der Waals surface area contributed by atoms with Crippen molar-refractivity contribution < 1.29 is 23.1 Å². The molecule has 1 amide bonds. The van der Waals surface area contributed by atoms with Crippen LogP contribution in [0.1, 0.15) is 30.5 Å². The lowest BCUT2D eigenvalue weighted by molar-refractivity contribution is -0.140. The number of halogens is 4. The van der Waals surface area contributed by atoms with Crippen molar-refractivity contribution in [1.29, 1.82) is 0 Å². The molecule has 1 saturated heterocycles. The fourth-order valence-electron chi connectivity index (χ4n) is 4.38. The first-order valence-corrected chi connectivity index (χ1v) is 11.6. The van der Waals surface area contributed by atoms with Crippen LogP contribution in [-0.2, 0) is 12.6 Å². The van der Waals surface area contributed by atoms with E-state index in [1.807, 2.05) is 24.3 Å². The lowest BCUT2D eigenvalue weighted by atomic mass is 9.77. The number of alkyl halides is 3. The summed E-state index contributed by atoms with van der Waals surface area (Å²) in [5.74, 6) is 0.758. The Morgan fingerprint density at radius 1 is 1.24 bits per heavy atom. The van der Waals surface area contributed by atoms with Gasteiger partial charge in [-0.3, -0.25) is 0 Å². The van der Waals surface area contributed by atoms with E-state index in [1.54, 1.807) is 13.0 Å². The summed E-state index contributed by atoms with van der Waals surface area (Å²) >= 11 is 6.94. The standard InChI is InChI=1S/C22H22ClF3N4O2S/c1-21(29-20(31)32,11-19-28-17(12-33-19)22(24,25)26)14-6-8-30(9-7-14)18-5-2-13-10-15(23)3-4-16(13)27-18/h2-5,10,12,14,29H,6-9,11H2,1H3,(H,31,32). The predicted molar refractivity (Wildman–Crippen MR) is 122 cm³/mol. The smallest absolute Gasteiger partial charge is 0.434 e. The molecule has 2 N–H and O–H groups in total. The average molecular weight is 499 g/mol. The highest BCUT2D eigenvalue weighted by atomic mass is 35.5. The first-order valence-electron chi connectivity index (χ1n) is 10.4. The quantitative estimate of drug-likeness (QED) is 0.461. The molecule has 1 aliphatic rings. The Balaban J connectivity index is 1.48. The molecule has 11 heteroatoms. The lowest BCUT2D eigenvalue weighted by Gasteiger charge is -2.42. The number of rotatable bonds is 5. The zero-order valence-electron chi connectivity index (χ0n) is 17.7. The molecule has 1 atom stereocenters. The van der Waals surface area contributed by atoms with Crippen LogP contribution in [0.2, 0.25) is 5.02 Å². The van der Waals surface area contributed by atoms with E-state index in [0.717, 1.165) is 33.4 Å². The highest BCUT2D eigenvalue weighted by molar-refractivity contribution is 7.09. The minimum atomic E-state index is -4.52. The normalized spacial score (nSPS) is 17.2. The number of carbonyl (C=O) groups is 1. The van der Waals surface area contributed by atoms with Gasteiger partial charge in [0.15, 0.2) is 5.69 Å². The Labute approximate surface area is 197 Å². The maximum absolute atomic E-state index is 12.9. The Morgan fingerprint density at radius 2 is 1.97 bits per heavy atom. The van der Waals surface area contributed by atoms with Crippen LogP contribution in [0.15, 0.2) is 35.7 Å². The number of piperidine rings is 1. The fourth-order valence-corrected chi connectivity index (χ4v) is 5.53. The van der Waals surface area contributed by atoms with Crippen LogP contribution < -0.4 is 10.2 Å². The molecule has 1 unspecified atom stereocenters. The predicted octanol–water partition coefficient (Wildman–Crippen LogP) is 5.85. The summed E-state index contributed by atoms with van der Waals surface area (Å²) < 4.78 is 38.8. The topological polar surface area (TPSA) is 78.3 Å². The highest BCUT2D eigenvalue weighted by Crippen LogP contribution is 2.36. The van der Waals surface area contributed by atoms with Crippen molar-refractivity contribution in [3.63, 3.8) is 0 Å². The second-order valence-electron chi connectivity index (χ2n) is 8.42. The van der Waals surface area contributed by atoms with Crippen molar-refractivity contribution in [3.8, 4) is 0 Å². The molecule has 1 fully saturated rings. The second kappa shape index (κ2) is 8.98. The van der Waals surface area contributed by atoms with E-state index in [2.05, 4.69) is 15.2 Å². The van der Waals surface area contributed by atoms with Gasteiger partial charge < -0.3 is 15.3 Å². The van der Waals surface area contributed by atoms with E-state index in [1.165, 1.54) is 0 Å². The Morgan fingerprint density at radius 3 is 2.61 bits per heavy atom. The van der Waals surface area contributed by atoms with Crippen LogP contribution in [-0.4, -0.2) is 39.8 Å². The minimum absolute atomic E-state index is 0.0673. The Bertz CT molecular complexity index is 1160. The van der Waals surface area contributed by atoms with Crippen molar-refractivity contribution in [3.05, 3.63) is 51.4 Å². The van der Waals surface area contributed by atoms with Crippen LogP contribution >= 0.6 is 22.9 Å². The highest BCUT2D eigenvalue weighted by Gasteiger charge is 2.40. The number of pyridine rings is 1. The number of hydrogen-bond acceptors (Lipinski definition) is 5. The molecule has 0 bridgehead atoms. The number of aromatic nitrogens is 2. The molecule has 3 aromatic rings. The number of anilines is 1. The minimum Gasteiger partial charge on any atom is -0.465 e. The molecule has 176 valence electrons. The van der Waals surface area contributed by atoms with Gasteiger partial charge in [0.25, 0.3) is 0 Å². The van der Waals surface area contributed by atoms with Gasteiger partial charge in [0.05, 0.1) is 10.5 Å². The molecule has 3 heterocycles. The van der Waals surface area contributed by atoms with E-state index in [9.17, 15) is 23.1 Å². The van der Waals surface area contributed by atoms with Crippen LogP contribution in [0.25, 0.3) is 10.9 Å². The monoisotopic (exact) mass is 498 g/mol. The molecular weight excluding hydrogens is 477 g/mol. The largest absolute Gasteiger partial charge is 0.465 e.